The van der Waals surface area contributed by atoms with E-state index in [0.29, 0.717) is 22.8 Å². The minimum Gasteiger partial charge on any atom is -0.454 e. The van der Waals surface area contributed by atoms with E-state index in [0.717, 1.165) is 27.3 Å². The molecule has 31 heavy (non-hydrogen) atoms. The summed E-state index contributed by atoms with van der Waals surface area (Å²) in [4.78, 5) is 28.8. The van der Waals surface area contributed by atoms with Crippen molar-refractivity contribution >= 4 is 34.4 Å². The van der Waals surface area contributed by atoms with E-state index in [1.807, 2.05) is 61.7 Å². The van der Waals surface area contributed by atoms with Gasteiger partial charge in [0, 0.05) is 10.6 Å². The molecule has 1 N–H and O–H groups in total. The molecule has 2 aliphatic heterocycles. The van der Waals surface area contributed by atoms with E-state index >= 15 is 0 Å². The summed E-state index contributed by atoms with van der Waals surface area (Å²) in [7, 11) is 0. The number of anilines is 1. The van der Waals surface area contributed by atoms with Crippen molar-refractivity contribution in [3.05, 3.63) is 81.2 Å². The normalized spacial score (nSPS) is 15.2. The van der Waals surface area contributed by atoms with Gasteiger partial charge in [0.2, 0.25) is 6.79 Å². The molecule has 6 nitrogen and oxygen atoms in total. The summed E-state index contributed by atoms with van der Waals surface area (Å²) >= 11 is 1.44. The van der Waals surface area contributed by atoms with E-state index < -0.39 is 0 Å². The van der Waals surface area contributed by atoms with Crippen molar-refractivity contribution in [2.45, 2.75) is 20.4 Å². The van der Waals surface area contributed by atoms with Gasteiger partial charge in [-0.25, -0.2) is 0 Å². The molecule has 5 rings (SSSR count). The Morgan fingerprint density at radius 1 is 1.00 bits per heavy atom. The van der Waals surface area contributed by atoms with E-state index in [-0.39, 0.29) is 25.2 Å². The number of thiophene rings is 1. The first-order chi connectivity index (χ1) is 15.0. The van der Waals surface area contributed by atoms with Gasteiger partial charge < -0.3 is 14.8 Å². The minimum atomic E-state index is -0.341. The molecule has 0 saturated heterocycles. The molecule has 0 aliphatic carbocycles. The van der Waals surface area contributed by atoms with E-state index in [9.17, 15) is 9.59 Å². The fraction of sp³-hybridized carbons (Fsp3) is 0.167. The topological polar surface area (TPSA) is 67.9 Å². The number of carbonyl (C=O) groups is 2. The van der Waals surface area contributed by atoms with Crippen molar-refractivity contribution < 1.29 is 19.1 Å². The second-order valence-electron chi connectivity index (χ2n) is 7.55. The van der Waals surface area contributed by atoms with Crippen LogP contribution in [0.3, 0.4) is 0 Å². The van der Waals surface area contributed by atoms with Crippen LogP contribution in [0.1, 0.15) is 21.6 Å². The molecule has 3 heterocycles. The summed E-state index contributed by atoms with van der Waals surface area (Å²) in [6, 6.07) is 15.2. The van der Waals surface area contributed by atoms with Crippen molar-refractivity contribution in [1.29, 1.82) is 0 Å². The fourth-order valence-corrected chi connectivity index (χ4v) is 4.48. The van der Waals surface area contributed by atoms with E-state index in [1.54, 1.807) is 6.07 Å². The zero-order valence-electron chi connectivity index (χ0n) is 17.1. The van der Waals surface area contributed by atoms with Gasteiger partial charge in [-0.05, 0) is 60.2 Å². The average Bonchev–Trinajstić information content (AvgIpc) is 3.48. The van der Waals surface area contributed by atoms with Gasteiger partial charge in [-0.2, -0.15) is 0 Å². The lowest BCUT2D eigenvalue weighted by Crippen LogP contribution is -2.32. The smallest absolute Gasteiger partial charge is 0.278 e. The first-order valence-electron chi connectivity index (χ1n) is 9.88. The van der Waals surface area contributed by atoms with E-state index in [4.69, 9.17) is 9.47 Å². The first kappa shape index (κ1) is 19.4. The lowest BCUT2D eigenvalue weighted by Gasteiger charge is -2.16. The zero-order valence-corrected chi connectivity index (χ0v) is 17.9. The third kappa shape index (κ3) is 3.47. The molecule has 1 aromatic heterocycles. The predicted octanol–water partition coefficient (Wildman–Crippen LogP) is 4.49. The highest BCUT2D eigenvalue weighted by Crippen LogP contribution is 2.36. The molecule has 2 aromatic carbocycles. The van der Waals surface area contributed by atoms with Crippen molar-refractivity contribution in [3.8, 4) is 11.5 Å². The maximum absolute atomic E-state index is 13.4. The fourth-order valence-electron chi connectivity index (χ4n) is 3.71. The monoisotopic (exact) mass is 432 g/mol. The highest BCUT2D eigenvalue weighted by Gasteiger charge is 2.40. The standard InChI is InChI=1S/C24H20N2O4S/c1-14-5-6-15(2)17(10-14)25-22-21(20-4-3-9-31-20)23(27)26(24(22)28)12-16-7-8-18-19(11-16)30-13-29-18/h3-11,25H,12-13H2,1-2H3. The Kier molecular flexibility index (Phi) is 4.75. The number of benzene rings is 2. The number of hydrogen-bond acceptors (Lipinski definition) is 6. The number of carbonyl (C=O) groups excluding carboxylic acids is 2. The van der Waals surface area contributed by atoms with Gasteiger partial charge in [-0.15, -0.1) is 11.3 Å². The van der Waals surface area contributed by atoms with Gasteiger partial charge in [-0.1, -0.05) is 24.3 Å². The molecule has 0 fully saturated rings. The molecular weight excluding hydrogens is 412 g/mol. The number of hydrogen-bond donors (Lipinski definition) is 1. The van der Waals surface area contributed by atoms with Gasteiger partial charge >= 0.3 is 0 Å². The summed E-state index contributed by atoms with van der Waals surface area (Å²) in [5.74, 6) is 0.638. The molecule has 0 spiro atoms. The summed E-state index contributed by atoms with van der Waals surface area (Å²) in [6.45, 7) is 4.29. The molecule has 156 valence electrons. The zero-order chi connectivity index (χ0) is 21.5. The van der Waals surface area contributed by atoms with Crippen LogP contribution in [0.4, 0.5) is 5.69 Å². The van der Waals surface area contributed by atoms with Crippen LogP contribution in [-0.4, -0.2) is 23.5 Å². The number of nitrogens with one attached hydrogen (secondary N) is 1. The Morgan fingerprint density at radius 2 is 1.84 bits per heavy atom. The number of imide groups is 1. The largest absolute Gasteiger partial charge is 0.454 e. The van der Waals surface area contributed by atoms with E-state index in [1.165, 1.54) is 16.2 Å². The SMILES string of the molecule is Cc1ccc(C)c(NC2=C(c3cccs3)C(=O)N(Cc3ccc4c(c3)OCO4)C2=O)c1. The maximum Gasteiger partial charge on any atom is 0.278 e. The number of ether oxygens (including phenoxy) is 2. The lowest BCUT2D eigenvalue weighted by molar-refractivity contribution is -0.137. The summed E-state index contributed by atoms with van der Waals surface area (Å²) in [6.07, 6.45) is 0. The third-order valence-electron chi connectivity index (χ3n) is 5.37. The Bertz CT molecular complexity index is 1230. The summed E-state index contributed by atoms with van der Waals surface area (Å²) in [5, 5.41) is 5.15. The molecule has 2 amide bonds. The summed E-state index contributed by atoms with van der Waals surface area (Å²) < 4.78 is 10.8. The minimum absolute atomic E-state index is 0.154. The molecule has 0 saturated carbocycles. The second kappa shape index (κ2) is 7.59. The highest BCUT2D eigenvalue weighted by molar-refractivity contribution is 7.11. The van der Waals surface area contributed by atoms with Crippen molar-refractivity contribution in [2.24, 2.45) is 0 Å². The second-order valence-corrected chi connectivity index (χ2v) is 8.50. The van der Waals surface area contributed by atoms with Crippen molar-refractivity contribution in [2.75, 3.05) is 12.1 Å². The molecule has 2 aliphatic rings. The number of aryl methyl sites for hydroxylation is 2. The van der Waals surface area contributed by atoms with Crippen LogP contribution in [-0.2, 0) is 16.1 Å². The molecule has 0 atom stereocenters. The van der Waals surface area contributed by atoms with Crippen molar-refractivity contribution in [1.82, 2.24) is 4.90 Å². The number of fused-ring (bicyclic) bond motifs is 1. The number of rotatable bonds is 5. The number of amides is 2. The predicted molar refractivity (Wildman–Crippen MR) is 119 cm³/mol. The van der Waals surface area contributed by atoms with Crippen LogP contribution in [0.2, 0.25) is 0 Å². The van der Waals surface area contributed by atoms with Crippen LogP contribution in [0.25, 0.3) is 5.57 Å². The molecular formula is C24H20N2O4S. The Hall–Kier alpha value is -3.58. The molecule has 0 radical (unpaired) electrons. The van der Waals surface area contributed by atoms with Crippen LogP contribution in [0, 0.1) is 13.8 Å². The molecule has 3 aromatic rings. The third-order valence-corrected chi connectivity index (χ3v) is 6.25. The van der Waals surface area contributed by atoms with Crippen LogP contribution < -0.4 is 14.8 Å². The molecule has 7 heteroatoms. The Morgan fingerprint density at radius 3 is 2.65 bits per heavy atom. The van der Waals surface area contributed by atoms with Gasteiger partial charge in [0.15, 0.2) is 11.5 Å². The molecule has 0 bridgehead atoms. The van der Waals surface area contributed by atoms with Gasteiger partial charge in [0.25, 0.3) is 11.8 Å². The quantitative estimate of drug-likeness (QED) is 0.602. The maximum atomic E-state index is 13.4. The Labute approximate surface area is 183 Å². The Balaban J connectivity index is 1.50. The average molecular weight is 433 g/mol. The summed E-state index contributed by atoms with van der Waals surface area (Å²) in [5.41, 5.74) is 4.39. The van der Waals surface area contributed by atoms with Crippen LogP contribution >= 0.6 is 11.3 Å². The number of nitrogens with zero attached hydrogens (tertiary/aromatic N) is 1. The highest BCUT2D eigenvalue weighted by atomic mass is 32.1. The van der Waals surface area contributed by atoms with Crippen molar-refractivity contribution in [3.63, 3.8) is 0 Å². The van der Waals surface area contributed by atoms with Crippen LogP contribution in [0.15, 0.2) is 59.6 Å². The van der Waals surface area contributed by atoms with Gasteiger partial charge in [0.1, 0.15) is 5.70 Å². The van der Waals surface area contributed by atoms with E-state index in [2.05, 4.69) is 5.32 Å². The molecule has 0 unspecified atom stereocenters. The lowest BCUT2D eigenvalue weighted by atomic mass is 10.1. The first-order valence-corrected chi connectivity index (χ1v) is 10.8. The van der Waals surface area contributed by atoms with Gasteiger partial charge in [-0.3, -0.25) is 14.5 Å². The van der Waals surface area contributed by atoms with Crippen LogP contribution in [0.5, 0.6) is 11.5 Å². The van der Waals surface area contributed by atoms with Gasteiger partial charge in [0.05, 0.1) is 12.1 Å².